The first-order valence-corrected chi connectivity index (χ1v) is 7.27. The average molecular weight is 291 g/mol. The number of aliphatic hydroxyl groups is 1. The number of rotatable bonds is 3. The van der Waals surface area contributed by atoms with E-state index in [1.807, 2.05) is 6.92 Å². The normalized spacial score (nSPS) is 35.3. The number of carbonyl (C=O) groups is 1. The lowest BCUT2D eigenvalue weighted by Gasteiger charge is -2.34. The number of hydrogen-bond donors (Lipinski definition) is 3. The monoisotopic (exact) mass is 290 g/mol. The van der Waals surface area contributed by atoms with Gasteiger partial charge in [0.15, 0.2) is 0 Å². The van der Waals surface area contributed by atoms with Gasteiger partial charge in [-0.15, -0.1) is 12.4 Å². The third-order valence-electron chi connectivity index (χ3n) is 4.45. The van der Waals surface area contributed by atoms with Gasteiger partial charge in [0.2, 0.25) is 5.91 Å². The van der Waals surface area contributed by atoms with E-state index in [0.717, 1.165) is 58.2 Å². The topological polar surface area (TPSA) is 61.4 Å². The van der Waals surface area contributed by atoms with Crippen molar-refractivity contribution < 1.29 is 9.90 Å². The van der Waals surface area contributed by atoms with Crippen molar-refractivity contribution in [2.75, 3.05) is 19.6 Å². The van der Waals surface area contributed by atoms with Crippen LogP contribution < -0.4 is 10.6 Å². The van der Waals surface area contributed by atoms with Crippen LogP contribution in [-0.2, 0) is 4.79 Å². The second-order valence-electron chi connectivity index (χ2n) is 6.24. The van der Waals surface area contributed by atoms with E-state index in [1.165, 1.54) is 0 Å². The Bertz CT molecular complexity index is 293. The third-order valence-corrected chi connectivity index (χ3v) is 4.45. The van der Waals surface area contributed by atoms with Crippen LogP contribution in [0.3, 0.4) is 0 Å². The van der Waals surface area contributed by atoms with E-state index < -0.39 is 0 Å². The second kappa shape index (κ2) is 7.46. The molecule has 0 aromatic carbocycles. The first kappa shape index (κ1) is 16.7. The van der Waals surface area contributed by atoms with Crippen LogP contribution in [-0.4, -0.2) is 36.8 Å². The highest BCUT2D eigenvalue weighted by molar-refractivity contribution is 5.85. The van der Waals surface area contributed by atoms with Gasteiger partial charge in [-0.2, -0.15) is 0 Å². The van der Waals surface area contributed by atoms with Crippen molar-refractivity contribution in [2.45, 2.75) is 51.6 Å². The summed E-state index contributed by atoms with van der Waals surface area (Å²) in [5, 5.41) is 16.0. The molecule has 1 saturated heterocycles. The molecule has 0 aromatic rings. The molecule has 3 atom stereocenters. The van der Waals surface area contributed by atoms with Crippen molar-refractivity contribution in [3.63, 3.8) is 0 Å². The van der Waals surface area contributed by atoms with Crippen LogP contribution in [0.25, 0.3) is 0 Å². The van der Waals surface area contributed by atoms with Gasteiger partial charge in [-0.05, 0) is 51.5 Å². The number of aliphatic hydroxyl groups excluding tert-OH is 1. The molecule has 1 aliphatic heterocycles. The summed E-state index contributed by atoms with van der Waals surface area (Å²) in [7, 11) is 0. The standard InChI is InChI=1S/C14H26N2O2.ClH/c1-14(6-3-7-15-10-14)13(18)16-9-11-4-2-5-12(17)8-11;/h11-12,15,17H,2-10H2,1H3,(H,16,18);1H. The molecule has 2 fully saturated rings. The zero-order valence-corrected chi connectivity index (χ0v) is 12.6. The van der Waals surface area contributed by atoms with E-state index >= 15 is 0 Å². The summed E-state index contributed by atoms with van der Waals surface area (Å²) in [4.78, 5) is 12.2. The van der Waals surface area contributed by atoms with Gasteiger partial charge in [0, 0.05) is 13.1 Å². The Morgan fingerprint density at radius 2 is 2.21 bits per heavy atom. The van der Waals surface area contributed by atoms with Gasteiger partial charge in [-0.1, -0.05) is 6.42 Å². The summed E-state index contributed by atoms with van der Waals surface area (Å²) < 4.78 is 0. The summed E-state index contributed by atoms with van der Waals surface area (Å²) >= 11 is 0. The van der Waals surface area contributed by atoms with Crippen molar-refractivity contribution in [3.8, 4) is 0 Å². The molecule has 0 bridgehead atoms. The van der Waals surface area contributed by atoms with E-state index in [4.69, 9.17) is 0 Å². The van der Waals surface area contributed by atoms with Crippen LogP contribution in [0.1, 0.15) is 45.4 Å². The average Bonchev–Trinajstić information content (AvgIpc) is 2.37. The molecule has 4 nitrogen and oxygen atoms in total. The predicted octanol–water partition coefficient (Wildman–Crippen LogP) is 1.47. The molecule has 1 amide bonds. The molecule has 5 heteroatoms. The van der Waals surface area contributed by atoms with E-state index in [1.54, 1.807) is 0 Å². The van der Waals surface area contributed by atoms with Crippen LogP contribution in [0.2, 0.25) is 0 Å². The zero-order chi connectivity index (χ0) is 13.0. The van der Waals surface area contributed by atoms with Gasteiger partial charge >= 0.3 is 0 Å². The van der Waals surface area contributed by atoms with Gasteiger partial charge in [0.1, 0.15) is 0 Å². The minimum absolute atomic E-state index is 0. The molecule has 3 unspecified atom stereocenters. The Hall–Kier alpha value is -0.320. The fourth-order valence-electron chi connectivity index (χ4n) is 3.15. The smallest absolute Gasteiger partial charge is 0.227 e. The Kier molecular flexibility index (Phi) is 6.57. The van der Waals surface area contributed by atoms with Crippen molar-refractivity contribution >= 4 is 18.3 Å². The number of halogens is 1. The Morgan fingerprint density at radius 3 is 2.84 bits per heavy atom. The molecule has 1 heterocycles. The lowest BCUT2D eigenvalue weighted by molar-refractivity contribution is -0.131. The number of carbonyl (C=O) groups excluding carboxylic acids is 1. The molecule has 2 aliphatic rings. The van der Waals surface area contributed by atoms with Crippen LogP contribution in [0.4, 0.5) is 0 Å². The summed E-state index contributed by atoms with van der Waals surface area (Å²) in [5.41, 5.74) is -0.245. The van der Waals surface area contributed by atoms with Crippen LogP contribution in [0.15, 0.2) is 0 Å². The summed E-state index contributed by atoms with van der Waals surface area (Å²) in [5.74, 6) is 0.632. The number of hydrogen-bond acceptors (Lipinski definition) is 3. The summed E-state index contributed by atoms with van der Waals surface area (Å²) in [6, 6.07) is 0. The fraction of sp³-hybridized carbons (Fsp3) is 0.929. The van der Waals surface area contributed by atoms with Gasteiger partial charge in [-0.3, -0.25) is 4.79 Å². The van der Waals surface area contributed by atoms with Crippen LogP contribution >= 0.6 is 12.4 Å². The van der Waals surface area contributed by atoms with Crippen molar-refractivity contribution in [2.24, 2.45) is 11.3 Å². The fourth-order valence-corrected chi connectivity index (χ4v) is 3.15. The quantitative estimate of drug-likeness (QED) is 0.738. The maximum Gasteiger partial charge on any atom is 0.227 e. The molecule has 0 aromatic heterocycles. The molecule has 0 radical (unpaired) electrons. The Morgan fingerprint density at radius 1 is 1.42 bits per heavy atom. The molecule has 2 rings (SSSR count). The Balaban J connectivity index is 0.00000180. The maximum atomic E-state index is 12.2. The second-order valence-corrected chi connectivity index (χ2v) is 6.24. The highest BCUT2D eigenvalue weighted by atomic mass is 35.5. The molecule has 1 aliphatic carbocycles. The van der Waals surface area contributed by atoms with E-state index in [-0.39, 0.29) is 29.8 Å². The van der Waals surface area contributed by atoms with Gasteiger partial charge in [0.25, 0.3) is 0 Å². The Labute approximate surface area is 122 Å². The molecule has 112 valence electrons. The first-order chi connectivity index (χ1) is 8.60. The number of amides is 1. The lowest BCUT2D eigenvalue weighted by atomic mass is 9.81. The zero-order valence-electron chi connectivity index (χ0n) is 11.8. The van der Waals surface area contributed by atoms with E-state index in [2.05, 4.69) is 10.6 Å². The minimum Gasteiger partial charge on any atom is -0.393 e. The van der Waals surface area contributed by atoms with Crippen LogP contribution in [0, 0.1) is 11.3 Å². The largest absolute Gasteiger partial charge is 0.393 e. The lowest BCUT2D eigenvalue weighted by Crippen LogP contribution is -2.49. The molecule has 1 saturated carbocycles. The van der Waals surface area contributed by atoms with E-state index in [9.17, 15) is 9.90 Å². The number of piperidine rings is 1. The van der Waals surface area contributed by atoms with Crippen molar-refractivity contribution in [1.29, 1.82) is 0 Å². The van der Waals surface area contributed by atoms with Gasteiger partial charge in [0.05, 0.1) is 11.5 Å². The minimum atomic E-state index is -0.245. The number of nitrogens with one attached hydrogen (secondary N) is 2. The first-order valence-electron chi connectivity index (χ1n) is 7.27. The molecule has 0 spiro atoms. The molecular formula is C14H27ClN2O2. The molecular weight excluding hydrogens is 264 g/mol. The summed E-state index contributed by atoms with van der Waals surface area (Å²) in [6.45, 7) is 4.58. The van der Waals surface area contributed by atoms with E-state index in [0.29, 0.717) is 5.92 Å². The van der Waals surface area contributed by atoms with Crippen LogP contribution in [0.5, 0.6) is 0 Å². The SMILES string of the molecule is CC1(C(=O)NCC2CCCC(O)C2)CCCNC1.Cl. The van der Waals surface area contributed by atoms with Gasteiger partial charge < -0.3 is 15.7 Å². The highest BCUT2D eigenvalue weighted by Crippen LogP contribution is 2.27. The predicted molar refractivity (Wildman–Crippen MR) is 78.4 cm³/mol. The molecule has 19 heavy (non-hydrogen) atoms. The maximum absolute atomic E-state index is 12.2. The summed E-state index contributed by atoms with van der Waals surface area (Å²) in [6.07, 6.45) is 5.87. The van der Waals surface area contributed by atoms with Crippen molar-refractivity contribution in [1.82, 2.24) is 10.6 Å². The third kappa shape index (κ3) is 4.62. The van der Waals surface area contributed by atoms with Gasteiger partial charge in [-0.25, -0.2) is 0 Å². The molecule has 3 N–H and O–H groups in total. The highest BCUT2D eigenvalue weighted by Gasteiger charge is 2.34. The van der Waals surface area contributed by atoms with Crippen molar-refractivity contribution in [3.05, 3.63) is 0 Å².